The summed E-state index contributed by atoms with van der Waals surface area (Å²) in [6.07, 6.45) is 1.44. The van der Waals surface area contributed by atoms with Crippen LogP contribution in [0.4, 0.5) is 0 Å². The molecule has 1 aromatic carbocycles. The Bertz CT molecular complexity index is 406. The van der Waals surface area contributed by atoms with E-state index in [2.05, 4.69) is 5.32 Å². The highest BCUT2D eigenvalue weighted by Gasteiger charge is 2.22. The molecule has 0 aliphatic rings. The van der Waals surface area contributed by atoms with Crippen LogP contribution in [0.15, 0.2) is 30.3 Å². The molecule has 3 nitrogen and oxygen atoms in total. The molecule has 1 amide bonds. The van der Waals surface area contributed by atoms with Gasteiger partial charge in [0.2, 0.25) is 5.91 Å². The minimum atomic E-state index is -0.434. The maximum Gasteiger partial charge on any atom is 0.230 e. The monoisotopic (exact) mass is 264 g/mol. The lowest BCUT2D eigenvalue weighted by Crippen LogP contribution is -2.42. The molecule has 0 fully saturated rings. The first-order valence-electron chi connectivity index (χ1n) is 6.18. The quantitative estimate of drug-likeness (QED) is 0.773. The van der Waals surface area contributed by atoms with E-state index in [0.717, 1.165) is 12.0 Å². The van der Waals surface area contributed by atoms with Gasteiger partial charge >= 0.3 is 0 Å². The Hall–Kier alpha value is -1.42. The number of hydrogen-bond acceptors (Lipinski definition) is 2. The minimum absolute atomic E-state index is 0.0827. The molecule has 3 N–H and O–H groups in total. The lowest BCUT2D eigenvalue weighted by molar-refractivity contribution is -0.123. The number of nitrogens with two attached hydrogens (primary N) is 1. The van der Waals surface area contributed by atoms with E-state index < -0.39 is 5.92 Å². The van der Waals surface area contributed by atoms with E-state index in [-0.39, 0.29) is 16.9 Å². The van der Waals surface area contributed by atoms with E-state index in [1.807, 2.05) is 44.2 Å². The fourth-order valence-corrected chi connectivity index (χ4v) is 1.81. The minimum Gasteiger partial charge on any atom is -0.393 e. The van der Waals surface area contributed by atoms with Gasteiger partial charge in [-0.3, -0.25) is 4.79 Å². The lowest BCUT2D eigenvalue weighted by atomic mass is 9.98. The molecule has 98 valence electrons. The van der Waals surface area contributed by atoms with Gasteiger partial charge in [-0.1, -0.05) is 49.5 Å². The number of benzene rings is 1. The zero-order valence-corrected chi connectivity index (χ0v) is 11.7. The van der Waals surface area contributed by atoms with Gasteiger partial charge in [-0.15, -0.1) is 0 Å². The second kappa shape index (κ2) is 7.11. The SMILES string of the molecule is CCC(C)NC(=O)C(Cc1ccccc1)C(N)=S. The topological polar surface area (TPSA) is 55.1 Å². The van der Waals surface area contributed by atoms with Crippen LogP contribution in [0.2, 0.25) is 0 Å². The van der Waals surface area contributed by atoms with Crippen molar-refractivity contribution in [3.05, 3.63) is 35.9 Å². The van der Waals surface area contributed by atoms with E-state index in [4.69, 9.17) is 18.0 Å². The Morgan fingerprint density at radius 3 is 2.50 bits per heavy atom. The predicted octanol–water partition coefficient (Wildman–Crippen LogP) is 2.05. The summed E-state index contributed by atoms with van der Waals surface area (Å²) in [7, 11) is 0. The Labute approximate surface area is 114 Å². The molecular formula is C14H20N2OS. The van der Waals surface area contributed by atoms with Gasteiger partial charge in [0.05, 0.1) is 10.9 Å². The van der Waals surface area contributed by atoms with Crippen molar-refractivity contribution >= 4 is 23.1 Å². The molecule has 0 radical (unpaired) electrons. The third-order valence-electron chi connectivity index (χ3n) is 2.94. The van der Waals surface area contributed by atoms with Crippen molar-refractivity contribution in [2.45, 2.75) is 32.7 Å². The second-order valence-electron chi connectivity index (χ2n) is 4.46. The van der Waals surface area contributed by atoms with Crippen LogP contribution in [0.5, 0.6) is 0 Å². The molecule has 0 bridgehead atoms. The van der Waals surface area contributed by atoms with E-state index >= 15 is 0 Å². The summed E-state index contributed by atoms with van der Waals surface area (Å²) >= 11 is 5.00. The molecule has 0 heterocycles. The number of hydrogen-bond donors (Lipinski definition) is 2. The molecule has 4 heteroatoms. The van der Waals surface area contributed by atoms with E-state index in [9.17, 15) is 4.79 Å². The molecular weight excluding hydrogens is 244 g/mol. The third kappa shape index (κ3) is 4.45. The number of carbonyl (C=O) groups excluding carboxylic acids is 1. The summed E-state index contributed by atoms with van der Waals surface area (Å²) < 4.78 is 0. The van der Waals surface area contributed by atoms with Gasteiger partial charge in [-0.2, -0.15) is 0 Å². The average molecular weight is 264 g/mol. The van der Waals surface area contributed by atoms with Gasteiger partial charge in [-0.05, 0) is 25.3 Å². The molecule has 0 aliphatic carbocycles. The molecule has 2 unspecified atom stereocenters. The zero-order chi connectivity index (χ0) is 13.5. The normalized spacial score (nSPS) is 13.7. The first-order valence-corrected chi connectivity index (χ1v) is 6.59. The summed E-state index contributed by atoms with van der Waals surface area (Å²) in [6.45, 7) is 3.99. The summed E-state index contributed by atoms with van der Waals surface area (Å²) in [5.41, 5.74) is 6.74. The van der Waals surface area contributed by atoms with Crippen molar-refractivity contribution in [1.29, 1.82) is 0 Å². The van der Waals surface area contributed by atoms with Gasteiger partial charge in [0.15, 0.2) is 0 Å². The highest BCUT2D eigenvalue weighted by molar-refractivity contribution is 7.80. The van der Waals surface area contributed by atoms with Crippen molar-refractivity contribution in [3.8, 4) is 0 Å². The molecule has 0 saturated carbocycles. The number of thiocarbonyl (C=S) groups is 1. The zero-order valence-electron chi connectivity index (χ0n) is 10.8. The van der Waals surface area contributed by atoms with Gasteiger partial charge < -0.3 is 11.1 Å². The Morgan fingerprint density at radius 1 is 1.39 bits per heavy atom. The lowest BCUT2D eigenvalue weighted by Gasteiger charge is -2.18. The van der Waals surface area contributed by atoms with Crippen LogP contribution in [0, 0.1) is 5.92 Å². The van der Waals surface area contributed by atoms with Crippen molar-refractivity contribution in [2.24, 2.45) is 11.7 Å². The number of rotatable bonds is 6. The van der Waals surface area contributed by atoms with Crippen molar-refractivity contribution in [1.82, 2.24) is 5.32 Å². The van der Waals surface area contributed by atoms with E-state index in [1.54, 1.807) is 0 Å². The van der Waals surface area contributed by atoms with Crippen LogP contribution in [-0.2, 0) is 11.2 Å². The van der Waals surface area contributed by atoms with E-state index in [0.29, 0.717) is 6.42 Å². The highest BCUT2D eigenvalue weighted by Crippen LogP contribution is 2.10. The number of amides is 1. The Kier molecular flexibility index (Phi) is 5.78. The fourth-order valence-electron chi connectivity index (χ4n) is 1.62. The summed E-state index contributed by atoms with van der Waals surface area (Å²) in [4.78, 5) is 12.3. The third-order valence-corrected chi connectivity index (χ3v) is 3.23. The average Bonchev–Trinajstić information content (AvgIpc) is 2.36. The second-order valence-corrected chi connectivity index (χ2v) is 4.93. The first-order chi connectivity index (χ1) is 8.54. The largest absolute Gasteiger partial charge is 0.393 e. The van der Waals surface area contributed by atoms with Crippen molar-refractivity contribution in [2.75, 3.05) is 0 Å². The number of carbonyl (C=O) groups is 1. The Balaban J connectivity index is 2.71. The predicted molar refractivity (Wildman–Crippen MR) is 78.3 cm³/mol. The summed E-state index contributed by atoms with van der Waals surface area (Å²) in [5, 5.41) is 2.92. The molecule has 0 aliphatic heterocycles. The van der Waals surface area contributed by atoms with Crippen molar-refractivity contribution < 1.29 is 4.79 Å². The standard InChI is InChI=1S/C14H20N2OS/c1-3-10(2)16-14(17)12(13(15)18)9-11-7-5-4-6-8-11/h4-8,10,12H,3,9H2,1-2H3,(H2,15,18)(H,16,17). The van der Waals surface area contributed by atoms with Crippen LogP contribution in [0.25, 0.3) is 0 Å². The van der Waals surface area contributed by atoms with Crippen LogP contribution in [-0.4, -0.2) is 16.9 Å². The van der Waals surface area contributed by atoms with Gasteiger partial charge in [0, 0.05) is 6.04 Å². The van der Waals surface area contributed by atoms with Gasteiger partial charge in [0.1, 0.15) is 0 Å². The summed E-state index contributed by atoms with van der Waals surface area (Å²) in [6, 6.07) is 9.92. The van der Waals surface area contributed by atoms with Gasteiger partial charge in [-0.25, -0.2) is 0 Å². The molecule has 0 spiro atoms. The highest BCUT2D eigenvalue weighted by atomic mass is 32.1. The van der Waals surface area contributed by atoms with Crippen LogP contribution >= 0.6 is 12.2 Å². The molecule has 1 rings (SSSR count). The van der Waals surface area contributed by atoms with Crippen LogP contribution in [0.3, 0.4) is 0 Å². The molecule has 0 saturated heterocycles. The van der Waals surface area contributed by atoms with Crippen LogP contribution < -0.4 is 11.1 Å². The molecule has 18 heavy (non-hydrogen) atoms. The molecule has 1 aromatic rings. The van der Waals surface area contributed by atoms with E-state index in [1.165, 1.54) is 0 Å². The van der Waals surface area contributed by atoms with Gasteiger partial charge in [0.25, 0.3) is 0 Å². The number of nitrogens with one attached hydrogen (secondary N) is 1. The maximum absolute atomic E-state index is 12.1. The maximum atomic E-state index is 12.1. The molecule has 0 aromatic heterocycles. The van der Waals surface area contributed by atoms with Crippen molar-refractivity contribution in [3.63, 3.8) is 0 Å². The molecule has 2 atom stereocenters. The first kappa shape index (κ1) is 14.6. The smallest absolute Gasteiger partial charge is 0.230 e. The Morgan fingerprint density at radius 2 is 2.00 bits per heavy atom. The fraction of sp³-hybridized carbons (Fsp3) is 0.429. The summed E-state index contributed by atoms with van der Waals surface area (Å²) in [5.74, 6) is -0.517. The van der Waals surface area contributed by atoms with Crippen LogP contribution in [0.1, 0.15) is 25.8 Å².